The minimum atomic E-state index is -0.892. The van der Waals surface area contributed by atoms with Crippen LogP contribution in [0.5, 0.6) is 0 Å². The highest BCUT2D eigenvalue weighted by atomic mass is 16.2. The van der Waals surface area contributed by atoms with Gasteiger partial charge in [-0.2, -0.15) is 0 Å². The number of hydrogen-bond acceptors (Lipinski definition) is 4. The van der Waals surface area contributed by atoms with Crippen LogP contribution in [0.2, 0.25) is 0 Å². The van der Waals surface area contributed by atoms with E-state index in [2.05, 4.69) is 5.32 Å². The van der Waals surface area contributed by atoms with Gasteiger partial charge < -0.3 is 11.1 Å². The van der Waals surface area contributed by atoms with Gasteiger partial charge in [-0.05, 0) is 35.9 Å². The molecule has 0 aliphatic carbocycles. The van der Waals surface area contributed by atoms with Gasteiger partial charge in [-0.25, -0.2) is 0 Å². The van der Waals surface area contributed by atoms with Crippen LogP contribution in [0.25, 0.3) is 10.8 Å². The normalized spacial score (nSPS) is 10.2. The SMILES string of the molecule is NCCCN(C=O)C(=O)C(=O)Nc1ccc2ccccc2c1. The summed E-state index contributed by atoms with van der Waals surface area (Å²) in [4.78, 5) is 35.5. The van der Waals surface area contributed by atoms with Gasteiger partial charge in [0.25, 0.3) is 0 Å². The van der Waals surface area contributed by atoms with Gasteiger partial charge in [-0.15, -0.1) is 0 Å². The number of benzene rings is 2. The first-order valence-corrected chi connectivity index (χ1v) is 6.92. The number of carbonyl (C=O) groups is 3. The summed E-state index contributed by atoms with van der Waals surface area (Å²) in [6.45, 7) is 0.466. The van der Waals surface area contributed by atoms with Crippen molar-refractivity contribution < 1.29 is 14.4 Å². The van der Waals surface area contributed by atoms with Crippen molar-refractivity contribution in [3.63, 3.8) is 0 Å². The fraction of sp³-hybridized carbons (Fsp3) is 0.188. The van der Waals surface area contributed by atoms with Gasteiger partial charge in [0.15, 0.2) is 0 Å². The van der Waals surface area contributed by atoms with Gasteiger partial charge in [0, 0.05) is 12.2 Å². The third-order valence-corrected chi connectivity index (χ3v) is 3.19. The van der Waals surface area contributed by atoms with Gasteiger partial charge in [-0.3, -0.25) is 19.3 Å². The lowest BCUT2D eigenvalue weighted by molar-refractivity contribution is -0.146. The van der Waals surface area contributed by atoms with E-state index in [-0.39, 0.29) is 6.54 Å². The van der Waals surface area contributed by atoms with Crippen LogP contribution >= 0.6 is 0 Å². The van der Waals surface area contributed by atoms with Gasteiger partial charge in [0.1, 0.15) is 0 Å². The number of nitrogens with zero attached hydrogens (tertiary/aromatic N) is 1. The quantitative estimate of drug-likeness (QED) is 0.639. The van der Waals surface area contributed by atoms with E-state index in [4.69, 9.17) is 5.73 Å². The molecule has 3 amide bonds. The van der Waals surface area contributed by atoms with E-state index in [0.717, 1.165) is 15.7 Å². The highest BCUT2D eigenvalue weighted by Gasteiger charge is 2.21. The Bertz CT molecular complexity index is 700. The monoisotopic (exact) mass is 299 g/mol. The minimum Gasteiger partial charge on any atom is -0.330 e. The van der Waals surface area contributed by atoms with Crippen LogP contribution in [0.1, 0.15) is 6.42 Å². The van der Waals surface area contributed by atoms with Crippen molar-refractivity contribution in [1.82, 2.24) is 4.90 Å². The number of amides is 3. The summed E-state index contributed by atoms with van der Waals surface area (Å²) in [5, 5.41) is 4.48. The zero-order valence-electron chi connectivity index (χ0n) is 12.0. The topological polar surface area (TPSA) is 92.5 Å². The molecule has 0 aliphatic heterocycles. The molecule has 0 bridgehead atoms. The molecule has 0 unspecified atom stereocenters. The molecule has 0 radical (unpaired) electrons. The summed E-state index contributed by atoms with van der Waals surface area (Å²) in [7, 11) is 0. The van der Waals surface area contributed by atoms with E-state index in [0.29, 0.717) is 25.1 Å². The second-order valence-corrected chi connectivity index (χ2v) is 4.76. The number of nitrogens with two attached hydrogens (primary N) is 1. The van der Waals surface area contributed by atoms with Crippen LogP contribution in [0.3, 0.4) is 0 Å². The molecule has 0 saturated heterocycles. The molecule has 3 N–H and O–H groups in total. The Kier molecular flexibility index (Phi) is 5.21. The summed E-state index contributed by atoms with van der Waals surface area (Å²) in [5.41, 5.74) is 5.83. The fourth-order valence-electron chi connectivity index (χ4n) is 2.05. The maximum Gasteiger partial charge on any atom is 0.318 e. The summed E-state index contributed by atoms with van der Waals surface area (Å²) >= 11 is 0. The lowest BCUT2D eigenvalue weighted by atomic mass is 10.1. The molecule has 2 aromatic carbocycles. The number of rotatable bonds is 5. The van der Waals surface area contributed by atoms with Crippen molar-refractivity contribution in [3.05, 3.63) is 42.5 Å². The highest BCUT2D eigenvalue weighted by molar-refractivity contribution is 6.41. The molecule has 6 heteroatoms. The number of carbonyl (C=O) groups excluding carboxylic acids is 3. The van der Waals surface area contributed by atoms with Crippen molar-refractivity contribution in [2.75, 3.05) is 18.4 Å². The number of anilines is 1. The van der Waals surface area contributed by atoms with Crippen molar-refractivity contribution in [1.29, 1.82) is 0 Å². The Hall–Kier alpha value is -2.73. The number of hydrogen-bond donors (Lipinski definition) is 2. The van der Waals surface area contributed by atoms with E-state index >= 15 is 0 Å². The first-order chi connectivity index (χ1) is 10.7. The zero-order valence-corrected chi connectivity index (χ0v) is 12.0. The van der Waals surface area contributed by atoms with E-state index in [1.807, 2.05) is 30.3 Å². The van der Waals surface area contributed by atoms with Crippen LogP contribution in [-0.2, 0) is 14.4 Å². The Morgan fingerprint density at radius 2 is 1.86 bits per heavy atom. The predicted octanol–water partition coefficient (Wildman–Crippen LogP) is 1.11. The highest BCUT2D eigenvalue weighted by Crippen LogP contribution is 2.18. The van der Waals surface area contributed by atoms with E-state index in [9.17, 15) is 14.4 Å². The summed E-state index contributed by atoms with van der Waals surface area (Å²) in [6, 6.07) is 13.0. The Balaban J connectivity index is 2.08. The van der Waals surface area contributed by atoms with E-state index < -0.39 is 11.8 Å². The molecule has 0 atom stereocenters. The Morgan fingerprint density at radius 1 is 1.14 bits per heavy atom. The average Bonchev–Trinajstić information content (AvgIpc) is 2.55. The van der Waals surface area contributed by atoms with Crippen LogP contribution in [-0.4, -0.2) is 36.2 Å². The number of fused-ring (bicyclic) bond motifs is 1. The maximum atomic E-state index is 11.9. The molecule has 0 aromatic heterocycles. The molecular formula is C16H17N3O3. The van der Waals surface area contributed by atoms with Crippen LogP contribution in [0.15, 0.2) is 42.5 Å². The van der Waals surface area contributed by atoms with Crippen molar-refractivity contribution in [3.8, 4) is 0 Å². The molecule has 6 nitrogen and oxygen atoms in total. The smallest absolute Gasteiger partial charge is 0.318 e. The third kappa shape index (κ3) is 3.67. The molecule has 0 spiro atoms. The summed E-state index contributed by atoms with van der Waals surface area (Å²) in [5.74, 6) is -1.74. The Morgan fingerprint density at radius 3 is 2.55 bits per heavy atom. The van der Waals surface area contributed by atoms with Crippen LogP contribution < -0.4 is 11.1 Å². The first-order valence-electron chi connectivity index (χ1n) is 6.92. The second kappa shape index (κ2) is 7.33. The number of nitrogens with one attached hydrogen (secondary N) is 1. The fourth-order valence-corrected chi connectivity index (χ4v) is 2.05. The molecule has 0 fully saturated rings. The molecule has 0 heterocycles. The molecule has 0 saturated carbocycles. The summed E-state index contributed by atoms with van der Waals surface area (Å²) < 4.78 is 0. The second-order valence-electron chi connectivity index (χ2n) is 4.76. The lowest BCUT2D eigenvalue weighted by Crippen LogP contribution is -2.39. The standard InChI is InChI=1S/C16H17N3O3/c17-8-3-9-19(11-20)16(22)15(21)18-14-7-6-12-4-1-2-5-13(12)10-14/h1-2,4-7,10-11H,3,8-9,17H2,(H,18,21). The van der Waals surface area contributed by atoms with Gasteiger partial charge >= 0.3 is 11.8 Å². The zero-order chi connectivity index (χ0) is 15.9. The van der Waals surface area contributed by atoms with Crippen LogP contribution in [0, 0.1) is 0 Å². The van der Waals surface area contributed by atoms with Crippen molar-refractivity contribution in [2.45, 2.75) is 6.42 Å². The molecule has 2 aromatic rings. The minimum absolute atomic E-state index is 0.129. The first kappa shape index (κ1) is 15.7. The largest absolute Gasteiger partial charge is 0.330 e. The average molecular weight is 299 g/mol. The third-order valence-electron chi connectivity index (χ3n) is 3.19. The predicted molar refractivity (Wildman–Crippen MR) is 84.0 cm³/mol. The molecule has 22 heavy (non-hydrogen) atoms. The van der Waals surface area contributed by atoms with Gasteiger partial charge in [0.2, 0.25) is 6.41 Å². The van der Waals surface area contributed by atoms with Crippen LogP contribution in [0.4, 0.5) is 5.69 Å². The molecule has 0 aliphatic rings. The van der Waals surface area contributed by atoms with Gasteiger partial charge in [0.05, 0.1) is 0 Å². The Labute approximate surface area is 127 Å². The maximum absolute atomic E-state index is 11.9. The lowest BCUT2D eigenvalue weighted by Gasteiger charge is -2.14. The van der Waals surface area contributed by atoms with Crippen molar-refractivity contribution in [2.24, 2.45) is 5.73 Å². The molecule has 114 valence electrons. The molecular weight excluding hydrogens is 282 g/mol. The van der Waals surface area contributed by atoms with Gasteiger partial charge in [-0.1, -0.05) is 30.3 Å². The van der Waals surface area contributed by atoms with Crippen molar-refractivity contribution >= 4 is 34.7 Å². The summed E-state index contributed by atoms with van der Waals surface area (Å²) in [6.07, 6.45) is 0.797. The van der Waals surface area contributed by atoms with E-state index in [1.54, 1.807) is 12.1 Å². The molecule has 2 rings (SSSR count). The van der Waals surface area contributed by atoms with E-state index in [1.165, 1.54) is 0 Å². The number of imide groups is 1.